The first-order valence-corrected chi connectivity index (χ1v) is 13.0. The number of ether oxygens (including phenoxy) is 1. The molecule has 2 fully saturated rings. The molecule has 8 nitrogen and oxygen atoms in total. The fourth-order valence-corrected chi connectivity index (χ4v) is 4.85. The molecule has 1 unspecified atom stereocenters. The van der Waals surface area contributed by atoms with E-state index < -0.39 is 0 Å². The lowest BCUT2D eigenvalue weighted by atomic mass is 10.1. The van der Waals surface area contributed by atoms with Gasteiger partial charge in [-0.25, -0.2) is 9.67 Å². The SMILES string of the molecule is Cc1cccc(NC(=O)CN(CC2CCCO2)C(=O)c2cc(C3CC3)nc3c2cnn3C(C)C)c1C. The van der Waals surface area contributed by atoms with Crippen LogP contribution in [0, 0.1) is 13.8 Å². The molecule has 1 atom stereocenters. The summed E-state index contributed by atoms with van der Waals surface area (Å²) in [5.41, 5.74) is 5.12. The summed E-state index contributed by atoms with van der Waals surface area (Å²) in [4.78, 5) is 33.7. The van der Waals surface area contributed by atoms with Crippen LogP contribution in [-0.4, -0.2) is 57.3 Å². The molecule has 190 valence electrons. The monoisotopic (exact) mass is 489 g/mol. The molecule has 1 aliphatic heterocycles. The normalized spacial score (nSPS) is 17.6. The quantitative estimate of drug-likeness (QED) is 0.493. The molecule has 5 rings (SSSR count). The molecule has 2 aromatic heterocycles. The number of pyridine rings is 1. The van der Waals surface area contributed by atoms with Gasteiger partial charge in [0.25, 0.3) is 5.91 Å². The zero-order valence-electron chi connectivity index (χ0n) is 21.6. The second-order valence-electron chi connectivity index (χ2n) is 10.4. The van der Waals surface area contributed by atoms with Crippen molar-refractivity contribution < 1.29 is 14.3 Å². The molecule has 1 saturated heterocycles. The van der Waals surface area contributed by atoms with Gasteiger partial charge in [-0.3, -0.25) is 9.59 Å². The summed E-state index contributed by atoms with van der Waals surface area (Å²) in [6.07, 6.45) is 5.67. The Morgan fingerprint density at radius 2 is 2.03 bits per heavy atom. The largest absolute Gasteiger partial charge is 0.376 e. The number of amides is 2. The third-order valence-corrected chi connectivity index (χ3v) is 7.25. The van der Waals surface area contributed by atoms with Crippen LogP contribution in [0.25, 0.3) is 11.0 Å². The van der Waals surface area contributed by atoms with Gasteiger partial charge >= 0.3 is 0 Å². The highest BCUT2D eigenvalue weighted by Crippen LogP contribution is 2.40. The summed E-state index contributed by atoms with van der Waals surface area (Å²) >= 11 is 0. The van der Waals surface area contributed by atoms with Crippen molar-refractivity contribution in [3.63, 3.8) is 0 Å². The maximum atomic E-state index is 14.1. The Hall–Kier alpha value is -3.26. The van der Waals surface area contributed by atoms with Gasteiger partial charge in [0.15, 0.2) is 5.65 Å². The van der Waals surface area contributed by atoms with Gasteiger partial charge in [0.2, 0.25) is 5.91 Å². The third-order valence-electron chi connectivity index (χ3n) is 7.25. The number of hydrogen-bond acceptors (Lipinski definition) is 5. The minimum absolute atomic E-state index is 0.0486. The first-order chi connectivity index (χ1) is 17.3. The lowest BCUT2D eigenvalue weighted by Crippen LogP contribution is -2.42. The van der Waals surface area contributed by atoms with Crippen molar-refractivity contribution in [2.75, 3.05) is 25.0 Å². The second-order valence-corrected chi connectivity index (χ2v) is 10.4. The second kappa shape index (κ2) is 10.0. The number of carbonyl (C=O) groups is 2. The molecule has 1 N–H and O–H groups in total. The molecule has 0 radical (unpaired) electrons. The average molecular weight is 490 g/mol. The molecule has 0 bridgehead atoms. The summed E-state index contributed by atoms with van der Waals surface area (Å²) in [6, 6.07) is 7.87. The zero-order valence-corrected chi connectivity index (χ0v) is 21.6. The number of fused-ring (bicyclic) bond motifs is 1. The van der Waals surface area contributed by atoms with E-state index in [1.807, 2.05) is 42.8 Å². The predicted molar refractivity (Wildman–Crippen MR) is 139 cm³/mol. The van der Waals surface area contributed by atoms with Crippen molar-refractivity contribution in [2.24, 2.45) is 0 Å². The Bertz CT molecular complexity index is 1290. The van der Waals surface area contributed by atoms with Crippen LogP contribution in [-0.2, 0) is 9.53 Å². The lowest BCUT2D eigenvalue weighted by Gasteiger charge is -2.26. The number of nitrogens with zero attached hydrogens (tertiary/aromatic N) is 4. The van der Waals surface area contributed by atoms with E-state index in [-0.39, 0.29) is 30.5 Å². The van der Waals surface area contributed by atoms with E-state index in [0.717, 1.165) is 59.2 Å². The molecule has 1 aromatic carbocycles. The van der Waals surface area contributed by atoms with E-state index in [1.54, 1.807) is 11.1 Å². The zero-order chi connectivity index (χ0) is 25.4. The Labute approximate surface area is 212 Å². The summed E-state index contributed by atoms with van der Waals surface area (Å²) in [5.74, 6) is -0.0180. The molecule has 3 heterocycles. The van der Waals surface area contributed by atoms with Gasteiger partial charge in [-0.15, -0.1) is 0 Å². The van der Waals surface area contributed by atoms with E-state index in [2.05, 4.69) is 24.3 Å². The highest BCUT2D eigenvalue weighted by Gasteiger charge is 2.31. The molecule has 0 spiro atoms. The number of aryl methyl sites for hydroxylation is 1. The number of anilines is 1. The van der Waals surface area contributed by atoms with Crippen LogP contribution in [0.4, 0.5) is 5.69 Å². The number of carbonyl (C=O) groups excluding carboxylic acids is 2. The topological polar surface area (TPSA) is 89.3 Å². The molecule has 2 aliphatic rings. The molecule has 1 aliphatic carbocycles. The van der Waals surface area contributed by atoms with Crippen molar-refractivity contribution in [2.45, 2.75) is 71.4 Å². The van der Waals surface area contributed by atoms with Crippen molar-refractivity contribution in [3.8, 4) is 0 Å². The number of benzene rings is 1. The van der Waals surface area contributed by atoms with Crippen LogP contribution in [0.2, 0.25) is 0 Å². The molecule has 3 aromatic rings. The molecule has 2 amide bonds. The van der Waals surface area contributed by atoms with E-state index >= 15 is 0 Å². The fourth-order valence-electron chi connectivity index (χ4n) is 4.85. The summed E-state index contributed by atoms with van der Waals surface area (Å²) < 4.78 is 7.72. The van der Waals surface area contributed by atoms with Gasteiger partial charge in [0.05, 0.1) is 23.3 Å². The van der Waals surface area contributed by atoms with Crippen LogP contribution in [0.5, 0.6) is 0 Å². The van der Waals surface area contributed by atoms with E-state index in [4.69, 9.17) is 9.72 Å². The Kier molecular flexibility index (Phi) is 6.79. The van der Waals surface area contributed by atoms with Gasteiger partial charge < -0.3 is 15.0 Å². The van der Waals surface area contributed by atoms with E-state index in [0.29, 0.717) is 24.6 Å². The smallest absolute Gasteiger partial charge is 0.255 e. The first kappa shape index (κ1) is 24.4. The highest BCUT2D eigenvalue weighted by molar-refractivity contribution is 6.07. The fraction of sp³-hybridized carbons (Fsp3) is 0.500. The molecular formula is C28H35N5O3. The summed E-state index contributed by atoms with van der Waals surface area (Å²) in [6.45, 7) is 9.13. The predicted octanol–water partition coefficient (Wildman–Crippen LogP) is 4.77. The van der Waals surface area contributed by atoms with Crippen molar-refractivity contribution >= 4 is 28.5 Å². The molecule has 8 heteroatoms. The highest BCUT2D eigenvalue weighted by atomic mass is 16.5. The van der Waals surface area contributed by atoms with Crippen molar-refractivity contribution in [1.29, 1.82) is 0 Å². The van der Waals surface area contributed by atoms with Gasteiger partial charge in [-0.1, -0.05) is 12.1 Å². The number of rotatable bonds is 8. The lowest BCUT2D eigenvalue weighted by molar-refractivity contribution is -0.117. The molecule has 36 heavy (non-hydrogen) atoms. The van der Waals surface area contributed by atoms with Crippen LogP contribution < -0.4 is 5.32 Å². The van der Waals surface area contributed by atoms with Crippen LogP contribution >= 0.6 is 0 Å². The number of nitrogens with one attached hydrogen (secondary N) is 1. The van der Waals surface area contributed by atoms with Crippen LogP contribution in [0.15, 0.2) is 30.5 Å². The Balaban J connectivity index is 1.47. The van der Waals surface area contributed by atoms with Crippen LogP contribution in [0.3, 0.4) is 0 Å². The minimum Gasteiger partial charge on any atom is -0.376 e. The number of aromatic nitrogens is 3. The third kappa shape index (κ3) is 5.00. The van der Waals surface area contributed by atoms with E-state index in [9.17, 15) is 9.59 Å². The average Bonchev–Trinajstić information content (AvgIpc) is 3.40. The van der Waals surface area contributed by atoms with E-state index in [1.165, 1.54) is 0 Å². The summed E-state index contributed by atoms with van der Waals surface area (Å²) in [5, 5.41) is 8.27. The summed E-state index contributed by atoms with van der Waals surface area (Å²) in [7, 11) is 0. The van der Waals surface area contributed by atoms with Gasteiger partial charge in [-0.05, 0) is 76.6 Å². The number of hydrogen-bond donors (Lipinski definition) is 1. The van der Waals surface area contributed by atoms with Gasteiger partial charge in [0, 0.05) is 36.5 Å². The minimum atomic E-state index is -0.222. The van der Waals surface area contributed by atoms with Crippen molar-refractivity contribution in [1.82, 2.24) is 19.7 Å². The molecular weight excluding hydrogens is 454 g/mol. The Morgan fingerprint density at radius 3 is 2.72 bits per heavy atom. The van der Waals surface area contributed by atoms with Gasteiger partial charge in [0.1, 0.15) is 6.54 Å². The maximum absolute atomic E-state index is 14.1. The first-order valence-electron chi connectivity index (χ1n) is 13.0. The molecule has 1 saturated carbocycles. The van der Waals surface area contributed by atoms with Crippen LogP contribution in [0.1, 0.15) is 78.7 Å². The Morgan fingerprint density at radius 1 is 1.22 bits per heavy atom. The standard InChI is InChI=1S/C28H35N5O3/c1-17(2)33-27-23(14-29-33)22(13-25(31-27)20-10-11-20)28(35)32(15-21-8-6-12-36-21)16-26(34)30-24-9-5-7-18(3)19(24)4/h5,7,9,13-14,17,20-21H,6,8,10-12,15-16H2,1-4H3,(H,30,34). The maximum Gasteiger partial charge on any atom is 0.255 e. The van der Waals surface area contributed by atoms with Gasteiger partial charge in [-0.2, -0.15) is 5.10 Å². The van der Waals surface area contributed by atoms with Crippen molar-refractivity contribution in [3.05, 3.63) is 52.8 Å².